The summed E-state index contributed by atoms with van der Waals surface area (Å²) in [6.07, 6.45) is 0.102. The van der Waals surface area contributed by atoms with E-state index < -0.39 is 114 Å². The average molecular weight is 1250 g/mol. The fourth-order valence-electron chi connectivity index (χ4n) is 15.4. The predicted molar refractivity (Wildman–Crippen MR) is 331 cm³/mol. The molecule has 2 fully saturated rings. The molecule has 0 saturated carbocycles. The smallest absolute Gasteiger partial charge is 0.394 e. The molecule has 15 atom stereocenters. The number of benzene rings is 1. The van der Waals surface area contributed by atoms with Crippen LogP contribution in [0.1, 0.15) is 151 Å². The van der Waals surface area contributed by atoms with Gasteiger partial charge in [0.05, 0.1) is 48.3 Å². The van der Waals surface area contributed by atoms with Crippen molar-refractivity contribution in [2.45, 2.75) is 190 Å². The molecule has 0 radical (unpaired) electrons. The van der Waals surface area contributed by atoms with Crippen LogP contribution in [0.4, 0.5) is 0 Å². The number of primary amides is 3. The average Bonchev–Trinajstić information content (AvgIpc) is 1.57. The summed E-state index contributed by atoms with van der Waals surface area (Å²) in [7, 11) is -5.02. The van der Waals surface area contributed by atoms with Crippen LogP contribution in [0.2, 0.25) is 0 Å². The molecule has 14 N–H and O–H groups in total. The molecule has 1 aromatic heterocycles. The molecule has 8 bridgehead atoms. The van der Waals surface area contributed by atoms with Crippen molar-refractivity contribution in [2.75, 3.05) is 26.3 Å². The number of nitrogens with zero attached hydrogens (tertiary/aromatic N) is 5. The predicted octanol–water partition coefficient (Wildman–Crippen LogP) is 4.97. The number of rotatable bonds is 27. The Labute approximate surface area is 515 Å². The summed E-state index contributed by atoms with van der Waals surface area (Å²) in [6, 6.07) is 3.01. The summed E-state index contributed by atoms with van der Waals surface area (Å²) < 4.78 is 32.4. The number of ether oxygens (including phenoxy) is 1. The number of nitrogens with two attached hydrogens (primary N) is 4. The maximum atomic E-state index is 14.4. The SMILES string of the molecule is CCC[C@@H]1C2=CC3=NC(=C(C)C4=N[C@H]([C@H](CNC=O)[C@@]4(C)CCC(=O)NC[C@@H](C)OP(=O)(O)O[C@@H]4[C@@H](CO)OC(n5cnc6cc(C)c(C)cc65)[C@@H]4O)[C@]4(C)N=C(C(C)=C(N2)[C@@]1(C)CC(N)=O)[C@@H](CCC(N)=O)[C@]4(C)CCON)[C@@H](CCC(N)=O)C3(C)C. The number of fused-ring (bicyclic) bond motifs is 7. The number of amides is 5. The first-order valence-corrected chi connectivity index (χ1v) is 32.1. The Bertz CT molecular complexity index is 3320. The van der Waals surface area contributed by atoms with Crippen LogP contribution < -0.4 is 39.0 Å². The molecule has 0 aliphatic carbocycles. The van der Waals surface area contributed by atoms with E-state index in [-0.39, 0.29) is 70.1 Å². The van der Waals surface area contributed by atoms with Crippen LogP contribution in [0.3, 0.4) is 0 Å². The van der Waals surface area contributed by atoms with Crippen molar-refractivity contribution in [1.29, 1.82) is 0 Å². The Kier molecular flexibility index (Phi) is 20.1. The van der Waals surface area contributed by atoms with Gasteiger partial charge in [-0.2, -0.15) is 0 Å². The van der Waals surface area contributed by atoms with Crippen molar-refractivity contribution in [1.82, 2.24) is 25.5 Å². The molecule has 5 amide bonds. The van der Waals surface area contributed by atoms with E-state index in [0.29, 0.717) is 59.4 Å². The van der Waals surface area contributed by atoms with E-state index >= 15 is 0 Å². The van der Waals surface area contributed by atoms with Gasteiger partial charge < -0.3 is 62.4 Å². The Morgan fingerprint density at radius 3 is 2.22 bits per heavy atom. The van der Waals surface area contributed by atoms with Gasteiger partial charge in [0.2, 0.25) is 30.0 Å². The van der Waals surface area contributed by atoms with Crippen LogP contribution in [0.15, 0.2) is 67.8 Å². The third-order valence-electron chi connectivity index (χ3n) is 20.7. The topological polar surface area (TPSA) is 395 Å². The monoisotopic (exact) mass is 1240 g/mol. The van der Waals surface area contributed by atoms with Crippen LogP contribution in [-0.2, 0) is 47.2 Å². The lowest BCUT2D eigenvalue weighted by atomic mass is 9.56. The molecule has 484 valence electrons. The molecule has 7 heterocycles. The minimum Gasteiger partial charge on any atom is -0.394 e. The zero-order valence-electron chi connectivity index (χ0n) is 53.0. The fourth-order valence-corrected chi connectivity index (χ4v) is 16.6. The molecule has 2 saturated heterocycles. The van der Waals surface area contributed by atoms with E-state index in [2.05, 4.69) is 54.7 Å². The number of aliphatic hydroxyl groups is 2. The minimum atomic E-state index is -5.02. The lowest BCUT2D eigenvalue weighted by Crippen LogP contribution is -2.56. The van der Waals surface area contributed by atoms with Crippen molar-refractivity contribution in [3.8, 4) is 0 Å². The number of hydrogen-bond acceptors (Lipinski definition) is 18. The first kappa shape index (κ1) is 67.9. The maximum absolute atomic E-state index is 14.4. The van der Waals surface area contributed by atoms with E-state index in [9.17, 15) is 43.6 Å². The standard InChI is InChI=1S/C62H93N12O13P/c1-13-14-37-41-25-45-58(7,8)38(15-17-46(63)77)50(71-45)35(5)54-59(9,20-19-49(80)68-27-34(4)86-88(82,83)87-53-44(29-75)85-57(52(53)81)74-30-69-42-23-32(2)33(3)24-43(42)74)40(28-67-31-76)56(72-54)62(12)61(11,21-22-84-66)39(16-18-47(64)78)51(73-62)36(6)55(70-41)60(37,10)26-48(65)79/h23-25,30-31,34,37-40,44,52-53,56-57,70,75,81H,13-22,26-29,66H2,1-12H3,(H2,63,77)(H2,64,78)(H2,65,79)(H,67,76)(H,68,80)(H,82,83)/t34-,37-,38-,39-,40+,44-,52-,53-,56-,57?,59-,60+,61+,62+/m1/s1. The van der Waals surface area contributed by atoms with Crippen molar-refractivity contribution >= 4 is 66.0 Å². The van der Waals surface area contributed by atoms with Crippen molar-refractivity contribution in [3.05, 3.63) is 63.9 Å². The lowest BCUT2D eigenvalue weighted by molar-refractivity contribution is -0.122. The second-order valence-electron chi connectivity index (χ2n) is 26.7. The van der Waals surface area contributed by atoms with Gasteiger partial charge in [0.25, 0.3) is 0 Å². The Morgan fingerprint density at radius 1 is 0.920 bits per heavy atom. The number of phosphoric acid groups is 1. The zero-order chi connectivity index (χ0) is 64.8. The molecule has 26 heteroatoms. The van der Waals surface area contributed by atoms with Crippen molar-refractivity contribution in [3.63, 3.8) is 0 Å². The number of allylic oxidation sites excluding steroid dienone is 6. The summed E-state index contributed by atoms with van der Waals surface area (Å²) in [4.78, 5) is 104. The van der Waals surface area contributed by atoms with Gasteiger partial charge in [-0.05, 0) is 114 Å². The Hall–Kier alpha value is -6.02. The summed E-state index contributed by atoms with van der Waals surface area (Å²) in [5, 5.41) is 31.5. The quantitative estimate of drug-likeness (QED) is 0.0320. The number of imidazole rings is 1. The summed E-state index contributed by atoms with van der Waals surface area (Å²) >= 11 is 0. The molecule has 6 aliphatic heterocycles. The number of carbonyl (C=O) groups is 5. The van der Waals surface area contributed by atoms with Gasteiger partial charge in [0.15, 0.2) is 6.23 Å². The van der Waals surface area contributed by atoms with Gasteiger partial charge in [0, 0.05) is 118 Å². The second kappa shape index (κ2) is 26.1. The molecule has 2 aromatic rings. The number of phosphoric ester groups is 1. The van der Waals surface area contributed by atoms with Crippen LogP contribution in [0, 0.1) is 59.2 Å². The highest BCUT2D eigenvalue weighted by atomic mass is 31.2. The molecule has 88 heavy (non-hydrogen) atoms. The molecule has 8 rings (SSSR count). The zero-order valence-corrected chi connectivity index (χ0v) is 53.9. The molecule has 25 nitrogen and oxygen atoms in total. The van der Waals surface area contributed by atoms with E-state index in [1.807, 2.05) is 60.6 Å². The number of carbonyl (C=O) groups excluding carboxylic acids is 5. The van der Waals surface area contributed by atoms with Gasteiger partial charge in [-0.1, -0.05) is 48.0 Å². The molecule has 1 aromatic carbocycles. The number of aliphatic hydroxyl groups excluding tert-OH is 2. The Balaban J connectivity index is 1.18. The van der Waals surface area contributed by atoms with Gasteiger partial charge in [-0.3, -0.25) is 48.0 Å². The molecule has 6 aliphatic rings. The summed E-state index contributed by atoms with van der Waals surface area (Å²) in [5.74, 6) is 2.26. The van der Waals surface area contributed by atoms with E-state index in [1.54, 1.807) is 4.57 Å². The number of aliphatic imine (C=N–C) groups is 3. The van der Waals surface area contributed by atoms with Crippen molar-refractivity contribution in [2.24, 2.45) is 83.4 Å². The maximum Gasteiger partial charge on any atom is 0.472 e. The third-order valence-corrected chi connectivity index (χ3v) is 21.8. The molecule has 2 unspecified atom stereocenters. The normalized spacial score (nSPS) is 32.6. The first-order chi connectivity index (χ1) is 41.3. The largest absolute Gasteiger partial charge is 0.472 e. The van der Waals surface area contributed by atoms with Gasteiger partial charge in [0.1, 0.15) is 18.3 Å². The first-order valence-electron chi connectivity index (χ1n) is 30.6. The van der Waals surface area contributed by atoms with Gasteiger partial charge >= 0.3 is 7.82 Å². The highest BCUT2D eigenvalue weighted by molar-refractivity contribution is 7.47. The van der Waals surface area contributed by atoms with E-state index in [4.69, 9.17) is 56.7 Å². The van der Waals surface area contributed by atoms with E-state index in [0.717, 1.165) is 40.2 Å². The second-order valence-corrected chi connectivity index (χ2v) is 28.1. The van der Waals surface area contributed by atoms with Crippen LogP contribution in [-0.4, -0.2) is 134 Å². The Morgan fingerprint density at radius 2 is 1.59 bits per heavy atom. The number of hydrogen-bond donors (Lipinski definition) is 10. The highest BCUT2D eigenvalue weighted by Crippen LogP contribution is 2.62. The lowest BCUT2D eigenvalue weighted by Gasteiger charge is -2.48. The van der Waals surface area contributed by atoms with E-state index in [1.165, 1.54) is 13.3 Å². The number of aromatic nitrogens is 2. The third kappa shape index (κ3) is 12.6. The summed E-state index contributed by atoms with van der Waals surface area (Å²) in [6.45, 7) is 22.9. The van der Waals surface area contributed by atoms with Crippen LogP contribution in [0.5, 0.6) is 0 Å². The highest BCUT2D eigenvalue weighted by Gasteiger charge is 2.66. The summed E-state index contributed by atoms with van der Waals surface area (Å²) in [5.41, 5.74) is 22.3. The molecular formula is C62H93N12O13P. The number of aryl methyl sites for hydroxylation is 2. The van der Waals surface area contributed by atoms with Crippen LogP contribution in [0.25, 0.3) is 11.0 Å². The van der Waals surface area contributed by atoms with Gasteiger partial charge in [-0.15, -0.1) is 0 Å². The fraction of sp³-hybridized carbons (Fsp3) is 0.661. The molecular weight excluding hydrogens is 1150 g/mol. The van der Waals surface area contributed by atoms with Crippen molar-refractivity contribution < 1.29 is 62.3 Å². The van der Waals surface area contributed by atoms with Crippen LogP contribution >= 0.6 is 7.82 Å². The molecule has 0 spiro atoms. The number of nitrogens with one attached hydrogen (secondary N) is 3. The van der Waals surface area contributed by atoms with Gasteiger partial charge in [-0.25, -0.2) is 15.4 Å². The minimum absolute atomic E-state index is 0.00564.